The molecule has 180 valence electrons. The lowest BCUT2D eigenvalue weighted by atomic mass is 10.2. The molecular weight excluding hydrogens is 474 g/mol. The summed E-state index contributed by atoms with van der Waals surface area (Å²) in [4.78, 5) is 4.36. The van der Waals surface area contributed by atoms with Crippen molar-refractivity contribution in [1.82, 2.24) is 13.9 Å². The van der Waals surface area contributed by atoms with Crippen LogP contribution in [-0.2, 0) is 32.2 Å². The van der Waals surface area contributed by atoms with Crippen molar-refractivity contribution in [1.29, 1.82) is 0 Å². The highest BCUT2D eigenvalue weighted by Crippen LogP contribution is 2.39. The first-order valence-electron chi connectivity index (χ1n) is 10.8. The highest BCUT2D eigenvalue weighted by atomic mass is 32.2. The van der Waals surface area contributed by atoms with Gasteiger partial charge in [-0.3, -0.25) is 0 Å². The molecule has 4 rings (SSSR count). The van der Waals surface area contributed by atoms with Gasteiger partial charge in [-0.15, -0.1) is 6.58 Å². The lowest BCUT2D eigenvalue weighted by Gasteiger charge is -2.22. The van der Waals surface area contributed by atoms with E-state index in [-0.39, 0.29) is 34.9 Å². The van der Waals surface area contributed by atoms with Gasteiger partial charge < -0.3 is 9.30 Å². The molecule has 1 aliphatic rings. The number of imidazole rings is 1. The van der Waals surface area contributed by atoms with E-state index >= 15 is 0 Å². The van der Waals surface area contributed by atoms with Crippen molar-refractivity contribution in [2.75, 3.05) is 13.7 Å². The van der Waals surface area contributed by atoms with Crippen molar-refractivity contribution in [3.8, 4) is 5.75 Å². The number of rotatable bonds is 11. The Labute approximate surface area is 200 Å². The van der Waals surface area contributed by atoms with E-state index in [0.29, 0.717) is 17.0 Å². The summed E-state index contributed by atoms with van der Waals surface area (Å²) in [6.45, 7) is 3.74. The zero-order valence-electron chi connectivity index (χ0n) is 18.9. The maximum Gasteiger partial charge on any atom is 0.243 e. The van der Waals surface area contributed by atoms with Crippen LogP contribution in [0.5, 0.6) is 5.75 Å². The van der Waals surface area contributed by atoms with Gasteiger partial charge in [0.25, 0.3) is 0 Å². The molecule has 0 N–H and O–H groups in total. The summed E-state index contributed by atoms with van der Waals surface area (Å²) in [7, 11) is -6.08. The zero-order chi connectivity index (χ0) is 24.3. The molecule has 1 fully saturated rings. The van der Waals surface area contributed by atoms with Gasteiger partial charge in [-0.2, -0.15) is 4.31 Å². The highest BCUT2D eigenvalue weighted by Gasteiger charge is 2.35. The third-order valence-electron chi connectivity index (χ3n) is 5.60. The molecule has 0 radical (unpaired) electrons. The van der Waals surface area contributed by atoms with Crippen LogP contribution in [0.2, 0.25) is 0 Å². The largest absolute Gasteiger partial charge is 0.497 e. The van der Waals surface area contributed by atoms with Gasteiger partial charge in [0.1, 0.15) is 5.75 Å². The minimum atomic E-state index is -3.87. The van der Waals surface area contributed by atoms with E-state index in [1.807, 2.05) is 6.07 Å². The van der Waals surface area contributed by atoms with Gasteiger partial charge in [-0.05, 0) is 42.7 Å². The number of benzene rings is 2. The second-order valence-electron chi connectivity index (χ2n) is 8.14. The molecule has 0 amide bonds. The number of nitrogens with zero attached hydrogens (tertiary/aromatic N) is 3. The van der Waals surface area contributed by atoms with Crippen molar-refractivity contribution >= 4 is 19.9 Å². The molecule has 1 heterocycles. The minimum Gasteiger partial charge on any atom is -0.497 e. The molecule has 2 aromatic carbocycles. The monoisotopic (exact) mass is 501 g/mol. The first kappa shape index (κ1) is 24.2. The van der Waals surface area contributed by atoms with Crippen LogP contribution in [0.25, 0.3) is 0 Å². The lowest BCUT2D eigenvalue weighted by Crippen LogP contribution is -2.32. The van der Waals surface area contributed by atoms with E-state index < -0.39 is 19.9 Å². The molecule has 1 saturated carbocycles. The Kier molecular flexibility index (Phi) is 6.92. The molecule has 8 nitrogen and oxygen atoms in total. The zero-order valence-corrected chi connectivity index (χ0v) is 20.5. The molecule has 0 atom stereocenters. The molecule has 0 saturated heterocycles. The third kappa shape index (κ3) is 5.08. The summed E-state index contributed by atoms with van der Waals surface area (Å²) in [6.07, 6.45) is 4.62. The number of sulfone groups is 1. The van der Waals surface area contributed by atoms with Crippen molar-refractivity contribution in [2.45, 2.75) is 41.2 Å². The Morgan fingerprint density at radius 3 is 2.35 bits per heavy atom. The number of ether oxygens (including phenoxy) is 1. The summed E-state index contributed by atoms with van der Waals surface area (Å²) >= 11 is 0. The molecule has 0 bridgehead atoms. The molecule has 34 heavy (non-hydrogen) atoms. The van der Waals surface area contributed by atoms with E-state index in [1.54, 1.807) is 41.0 Å². The predicted molar refractivity (Wildman–Crippen MR) is 129 cm³/mol. The average molecular weight is 502 g/mol. The normalized spacial score (nSPS) is 14.3. The van der Waals surface area contributed by atoms with Gasteiger partial charge in [0.15, 0.2) is 0 Å². The molecule has 1 aliphatic carbocycles. The molecule has 0 spiro atoms. The number of methoxy groups -OCH3 is 1. The van der Waals surface area contributed by atoms with Gasteiger partial charge in [0, 0.05) is 12.6 Å². The second-order valence-corrected chi connectivity index (χ2v) is 12.0. The molecule has 10 heteroatoms. The maximum absolute atomic E-state index is 13.4. The van der Waals surface area contributed by atoms with Gasteiger partial charge in [-0.1, -0.05) is 36.4 Å². The fraction of sp³-hybridized carbons (Fsp3) is 0.292. The Morgan fingerprint density at radius 1 is 1.09 bits per heavy atom. The Morgan fingerprint density at radius 2 is 1.76 bits per heavy atom. The number of aromatic nitrogens is 2. The quantitative estimate of drug-likeness (QED) is 0.373. The van der Waals surface area contributed by atoms with Gasteiger partial charge in [0.05, 0.1) is 36.2 Å². The van der Waals surface area contributed by atoms with Crippen LogP contribution in [0.15, 0.2) is 83.5 Å². The SMILES string of the molecule is C=CCN(Cc1cnc(S(=O)(=O)Cc2ccccc2)n1C1CC1)S(=O)(=O)c1ccc(OC)cc1. The minimum absolute atomic E-state index is 0.00711. The Balaban J connectivity index is 1.67. The Hall–Kier alpha value is -2.95. The van der Waals surface area contributed by atoms with Crippen LogP contribution in [0, 0.1) is 0 Å². The van der Waals surface area contributed by atoms with E-state index in [2.05, 4.69) is 11.6 Å². The van der Waals surface area contributed by atoms with Gasteiger partial charge in [0.2, 0.25) is 25.0 Å². The van der Waals surface area contributed by atoms with Crippen molar-refractivity contribution in [3.05, 3.63) is 84.7 Å². The number of sulfonamides is 1. The smallest absolute Gasteiger partial charge is 0.243 e. The van der Waals surface area contributed by atoms with Crippen LogP contribution >= 0.6 is 0 Å². The van der Waals surface area contributed by atoms with E-state index in [0.717, 1.165) is 12.8 Å². The fourth-order valence-electron chi connectivity index (χ4n) is 3.77. The van der Waals surface area contributed by atoms with Crippen molar-refractivity contribution in [3.63, 3.8) is 0 Å². The molecule has 3 aromatic rings. The van der Waals surface area contributed by atoms with Crippen molar-refractivity contribution < 1.29 is 21.6 Å². The summed E-state index contributed by atoms with van der Waals surface area (Å²) in [6, 6.07) is 15.1. The topological polar surface area (TPSA) is 98.6 Å². The first-order chi connectivity index (χ1) is 16.3. The van der Waals surface area contributed by atoms with Crippen LogP contribution in [0.4, 0.5) is 0 Å². The molecular formula is C24H27N3O5S2. The predicted octanol–water partition coefficient (Wildman–Crippen LogP) is 3.58. The van der Waals surface area contributed by atoms with Crippen LogP contribution in [0.1, 0.15) is 30.1 Å². The van der Waals surface area contributed by atoms with E-state index in [9.17, 15) is 16.8 Å². The average Bonchev–Trinajstić information content (AvgIpc) is 3.58. The summed E-state index contributed by atoms with van der Waals surface area (Å²) < 4.78 is 61.2. The number of hydrogen-bond acceptors (Lipinski definition) is 6. The summed E-state index contributed by atoms with van der Waals surface area (Å²) in [5, 5.41) is -0.0192. The van der Waals surface area contributed by atoms with Gasteiger partial charge >= 0.3 is 0 Å². The summed E-state index contributed by atoms with van der Waals surface area (Å²) in [5.41, 5.74) is 1.21. The fourth-order valence-corrected chi connectivity index (χ4v) is 6.70. The van der Waals surface area contributed by atoms with Crippen LogP contribution in [0.3, 0.4) is 0 Å². The van der Waals surface area contributed by atoms with Crippen molar-refractivity contribution in [2.24, 2.45) is 0 Å². The maximum atomic E-state index is 13.4. The number of hydrogen-bond donors (Lipinski definition) is 0. The molecule has 0 unspecified atom stereocenters. The highest BCUT2D eigenvalue weighted by molar-refractivity contribution is 7.90. The van der Waals surface area contributed by atoms with Gasteiger partial charge in [-0.25, -0.2) is 21.8 Å². The standard InChI is InChI=1S/C24H27N3O5S2/c1-3-15-26(34(30,31)23-13-11-22(32-2)12-14-23)17-21-16-25-24(27(21)20-9-10-20)33(28,29)18-19-7-5-4-6-8-19/h3-8,11-14,16,20H,1,9-10,15,17-18H2,2H3. The van der Waals surface area contributed by atoms with Crippen LogP contribution < -0.4 is 4.74 Å². The third-order valence-corrected chi connectivity index (χ3v) is 9.00. The Bertz CT molecular complexity index is 1360. The second kappa shape index (κ2) is 9.73. The summed E-state index contributed by atoms with van der Waals surface area (Å²) in [5.74, 6) is 0.381. The lowest BCUT2D eigenvalue weighted by molar-refractivity contribution is 0.413. The first-order valence-corrected chi connectivity index (χ1v) is 13.9. The van der Waals surface area contributed by atoms with E-state index in [4.69, 9.17) is 4.74 Å². The van der Waals surface area contributed by atoms with Crippen LogP contribution in [-0.4, -0.2) is 44.3 Å². The molecule has 1 aromatic heterocycles. The van der Waals surface area contributed by atoms with E-state index in [1.165, 1.54) is 35.8 Å². The molecule has 0 aliphatic heterocycles.